The van der Waals surface area contributed by atoms with Crippen molar-refractivity contribution in [2.75, 3.05) is 13.7 Å². The van der Waals surface area contributed by atoms with Gasteiger partial charge in [-0.05, 0) is 30.7 Å². The van der Waals surface area contributed by atoms with E-state index in [2.05, 4.69) is 16.9 Å². The van der Waals surface area contributed by atoms with Crippen LogP contribution >= 0.6 is 0 Å². The third-order valence-electron chi connectivity index (χ3n) is 3.34. The number of methoxy groups -OCH3 is 1. The predicted octanol–water partition coefficient (Wildman–Crippen LogP) is 3.10. The topological polar surface area (TPSA) is 35.5 Å². The van der Waals surface area contributed by atoms with Crippen molar-refractivity contribution in [3.63, 3.8) is 0 Å². The lowest BCUT2D eigenvalue weighted by Crippen LogP contribution is -2.18. The van der Waals surface area contributed by atoms with Crippen molar-refractivity contribution in [1.82, 2.24) is 0 Å². The number of benzene rings is 1. The van der Waals surface area contributed by atoms with Crippen LogP contribution < -0.4 is 0 Å². The zero-order chi connectivity index (χ0) is 13.5. The van der Waals surface area contributed by atoms with Gasteiger partial charge in [0.15, 0.2) is 0 Å². The summed E-state index contributed by atoms with van der Waals surface area (Å²) >= 11 is 0. The molecule has 0 amide bonds. The predicted molar refractivity (Wildman–Crippen MR) is 73.5 cm³/mol. The molecule has 1 aliphatic rings. The Morgan fingerprint density at radius 3 is 2.74 bits per heavy atom. The van der Waals surface area contributed by atoms with E-state index in [1.807, 2.05) is 24.3 Å². The zero-order valence-electron chi connectivity index (χ0n) is 11.3. The highest BCUT2D eigenvalue weighted by Crippen LogP contribution is 2.30. The Hall–Kier alpha value is -1.61. The molecule has 0 saturated carbocycles. The van der Waals surface area contributed by atoms with E-state index < -0.39 is 0 Å². The summed E-state index contributed by atoms with van der Waals surface area (Å²) in [6.45, 7) is 1.45. The van der Waals surface area contributed by atoms with E-state index in [4.69, 9.17) is 4.74 Å². The molecule has 3 heteroatoms. The molecule has 1 unspecified atom stereocenters. The van der Waals surface area contributed by atoms with Gasteiger partial charge in [0.25, 0.3) is 0 Å². The van der Waals surface area contributed by atoms with Gasteiger partial charge in [0.2, 0.25) is 0 Å². The van der Waals surface area contributed by atoms with E-state index in [9.17, 15) is 4.79 Å². The summed E-state index contributed by atoms with van der Waals surface area (Å²) in [6, 6.07) is 10.2. The van der Waals surface area contributed by atoms with Crippen LogP contribution in [-0.2, 0) is 20.9 Å². The monoisotopic (exact) mass is 260 g/mol. The second-order valence-corrected chi connectivity index (χ2v) is 4.83. The minimum absolute atomic E-state index is 0.184. The van der Waals surface area contributed by atoms with E-state index in [1.54, 1.807) is 0 Å². The van der Waals surface area contributed by atoms with Crippen LogP contribution in [0.4, 0.5) is 0 Å². The second-order valence-electron chi connectivity index (χ2n) is 4.83. The number of hydrogen-bond donors (Lipinski definition) is 0. The van der Waals surface area contributed by atoms with Gasteiger partial charge in [-0.1, -0.05) is 36.4 Å². The largest absolute Gasteiger partial charge is 0.466 e. The summed E-state index contributed by atoms with van der Waals surface area (Å²) in [5, 5.41) is 0. The quantitative estimate of drug-likeness (QED) is 0.558. The molecule has 0 bridgehead atoms. The maximum absolute atomic E-state index is 11.2. The number of rotatable bonds is 7. The van der Waals surface area contributed by atoms with Crippen molar-refractivity contribution < 1.29 is 14.3 Å². The SMILES string of the molecule is COC(=O)C1=CC(CCCOCc2ccccc2)C1. The average Bonchev–Trinajstić information content (AvgIpc) is 2.41. The van der Waals surface area contributed by atoms with Gasteiger partial charge in [-0.25, -0.2) is 4.79 Å². The lowest BCUT2D eigenvalue weighted by Gasteiger charge is -2.23. The van der Waals surface area contributed by atoms with Crippen LogP contribution in [0.5, 0.6) is 0 Å². The van der Waals surface area contributed by atoms with E-state index in [1.165, 1.54) is 12.7 Å². The summed E-state index contributed by atoms with van der Waals surface area (Å²) < 4.78 is 10.3. The molecule has 19 heavy (non-hydrogen) atoms. The van der Waals surface area contributed by atoms with Gasteiger partial charge in [0, 0.05) is 12.2 Å². The second kappa shape index (κ2) is 7.10. The highest BCUT2D eigenvalue weighted by atomic mass is 16.5. The van der Waals surface area contributed by atoms with E-state index in [-0.39, 0.29) is 5.97 Å². The van der Waals surface area contributed by atoms with Crippen LogP contribution in [0.15, 0.2) is 42.0 Å². The number of carbonyl (C=O) groups is 1. The average molecular weight is 260 g/mol. The Labute approximate surface area is 114 Å². The van der Waals surface area contributed by atoms with Crippen molar-refractivity contribution in [3.8, 4) is 0 Å². The number of carbonyl (C=O) groups excluding carboxylic acids is 1. The lowest BCUT2D eigenvalue weighted by molar-refractivity contribution is -0.136. The lowest BCUT2D eigenvalue weighted by atomic mass is 9.83. The maximum atomic E-state index is 11.2. The molecule has 1 aliphatic carbocycles. The van der Waals surface area contributed by atoms with Crippen LogP contribution in [0.2, 0.25) is 0 Å². The van der Waals surface area contributed by atoms with Gasteiger partial charge in [-0.2, -0.15) is 0 Å². The molecule has 2 rings (SSSR count). The standard InChI is InChI=1S/C16H20O3/c1-18-16(17)15-10-14(11-15)8-5-9-19-12-13-6-3-2-4-7-13/h2-4,6-7,10,14H,5,8-9,11-12H2,1H3. The molecule has 0 N–H and O–H groups in total. The van der Waals surface area contributed by atoms with Gasteiger partial charge in [0.05, 0.1) is 13.7 Å². The summed E-state index contributed by atoms with van der Waals surface area (Å²) in [4.78, 5) is 11.2. The van der Waals surface area contributed by atoms with Crippen molar-refractivity contribution in [1.29, 1.82) is 0 Å². The molecule has 3 nitrogen and oxygen atoms in total. The smallest absolute Gasteiger partial charge is 0.333 e. The Morgan fingerprint density at radius 1 is 1.32 bits per heavy atom. The van der Waals surface area contributed by atoms with Crippen LogP contribution in [0, 0.1) is 5.92 Å². The Kier molecular flexibility index (Phi) is 5.16. The van der Waals surface area contributed by atoms with Gasteiger partial charge >= 0.3 is 5.97 Å². The van der Waals surface area contributed by atoms with Gasteiger partial charge < -0.3 is 9.47 Å². The molecule has 0 aliphatic heterocycles. The van der Waals surface area contributed by atoms with Crippen LogP contribution in [0.3, 0.4) is 0 Å². The highest BCUT2D eigenvalue weighted by molar-refractivity contribution is 5.89. The maximum Gasteiger partial charge on any atom is 0.333 e. The first-order valence-corrected chi connectivity index (χ1v) is 6.70. The fraction of sp³-hybridized carbons (Fsp3) is 0.438. The molecular formula is C16H20O3. The minimum Gasteiger partial charge on any atom is -0.466 e. The number of ether oxygens (including phenoxy) is 2. The molecule has 0 spiro atoms. The van der Waals surface area contributed by atoms with Crippen LogP contribution in [-0.4, -0.2) is 19.7 Å². The third kappa shape index (κ3) is 4.21. The van der Waals surface area contributed by atoms with Gasteiger partial charge in [0.1, 0.15) is 0 Å². The first-order chi connectivity index (χ1) is 9.29. The summed E-state index contributed by atoms with van der Waals surface area (Å²) in [6.07, 6.45) is 4.98. The van der Waals surface area contributed by atoms with Crippen LogP contribution in [0.1, 0.15) is 24.8 Å². The van der Waals surface area contributed by atoms with Crippen molar-refractivity contribution in [2.45, 2.75) is 25.9 Å². The Bertz CT molecular complexity index is 437. The van der Waals surface area contributed by atoms with Crippen molar-refractivity contribution >= 4 is 5.97 Å². The molecule has 0 aromatic heterocycles. The molecule has 0 fully saturated rings. The molecular weight excluding hydrogens is 240 g/mol. The Balaban J connectivity index is 1.54. The number of allylic oxidation sites excluding steroid dienone is 1. The summed E-state index contributed by atoms with van der Waals surface area (Å²) in [7, 11) is 1.42. The normalized spacial score (nSPS) is 17.5. The van der Waals surface area contributed by atoms with Crippen LogP contribution in [0.25, 0.3) is 0 Å². The molecule has 0 radical (unpaired) electrons. The fourth-order valence-electron chi connectivity index (χ4n) is 2.21. The third-order valence-corrected chi connectivity index (χ3v) is 3.34. The Morgan fingerprint density at radius 2 is 2.05 bits per heavy atom. The zero-order valence-corrected chi connectivity index (χ0v) is 11.3. The van der Waals surface area contributed by atoms with E-state index >= 15 is 0 Å². The summed E-state index contributed by atoms with van der Waals surface area (Å²) in [5.74, 6) is 0.339. The molecule has 1 aromatic rings. The number of esters is 1. The molecule has 1 aromatic carbocycles. The van der Waals surface area contributed by atoms with E-state index in [0.29, 0.717) is 12.5 Å². The highest BCUT2D eigenvalue weighted by Gasteiger charge is 2.24. The van der Waals surface area contributed by atoms with Gasteiger partial charge in [-0.3, -0.25) is 0 Å². The first-order valence-electron chi connectivity index (χ1n) is 6.70. The molecule has 0 heterocycles. The van der Waals surface area contributed by atoms with E-state index in [0.717, 1.165) is 31.4 Å². The number of hydrogen-bond acceptors (Lipinski definition) is 3. The fourth-order valence-corrected chi connectivity index (χ4v) is 2.21. The molecule has 102 valence electrons. The van der Waals surface area contributed by atoms with Crippen molar-refractivity contribution in [3.05, 3.63) is 47.5 Å². The minimum atomic E-state index is -0.184. The molecule has 1 atom stereocenters. The molecule has 0 saturated heterocycles. The van der Waals surface area contributed by atoms with Crippen molar-refractivity contribution in [2.24, 2.45) is 5.92 Å². The first kappa shape index (κ1) is 13.8. The van der Waals surface area contributed by atoms with Gasteiger partial charge in [-0.15, -0.1) is 0 Å². The summed E-state index contributed by atoms with van der Waals surface area (Å²) in [5.41, 5.74) is 2.02.